The SMILES string of the molecule is N#C[C@@H](C(=O)CCc1nc2ccccc2[nH]1)c1c(Cl)cccc1Cl. The molecule has 0 aliphatic carbocycles. The van der Waals surface area contributed by atoms with E-state index in [0.717, 1.165) is 11.0 Å². The zero-order chi connectivity index (χ0) is 17.1. The summed E-state index contributed by atoms with van der Waals surface area (Å²) in [4.78, 5) is 20.1. The summed E-state index contributed by atoms with van der Waals surface area (Å²) < 4.78 is 0. The van der Waals surface area contributed by atoms with Crippen LogP contribution in [0.3, 0.4) is 0 Å². The maximum absolute atomic E-state index is 12.5. The molecule has 1 atom stereocenters. The Morgan fingerprint density at radius 3 is 2.54 bits per heavy atom. The minimum Gasteiger partial charge on any atom is -0.342 e. The van der Waals surface area contributed by atoms with Crippen molar-refractivity contribution in [2.45, 2.75) is 18.8 Å². The Labute approximate surface area is 149 Å². The van der Waals surface area contributed by atoms with Crippen molar-refractivity contribution in [2.75, 3.05) is 0 Å². The number of rotatable bonds is 5. The Hall–Kier alpha value is -2.35. The molecule has 6 heteroatoms. The second kappa shape index (κ2) is 7.04. The van der Waals surface area contributed by atoms with Crippen molar-refractivity contribution in [3.05, 3.63) is 63.9 Å². The number of ketones is 1. The molecular weight excluding hydrogens is 345 g/mol. The van der Waals surface area contributed by atoms with E-state index in [0.29, 0.717) is 27.9 Å². The molecular formula is C18H13Cl2N3O. The number of Topliss-reactive ketones (excluding diaryl/α,β-unsaturated/α-hetero) is 1. The number of para-hydroxylation sites is 2. The van der Waals surface area contributed by atoms with Gasteiger partial charge >= 0.3 is 0 Å². The molecule has 3 rings (SSSR count). The molecule has 0 aliphatic heterocycles. The highest BCUT2D eigenvalue weighted by molar-refractivity contribution is 6.36. The fraction of sp³-hybridized carbons (Fsp3) is 0.167. The number of hydrogen-bond donors (Lipinski definition) is 1. The summed E-state index contributed by atoms with van der Waals surface area (Å²) in [6, 6.07) is 14.6. The second-order valence-electron chi connectivity index (χ2n) is 5.36. The lowest BCUT2D eigenvalue weighted by molar-refractivity contribution is -0.119. The average Bonchev–Trinajstić information content (AvgIpc) is 2.99. The predicted molar refractivity (Wildman–Crippen MR) is 94.2 cm³/mol. The topological polar surface area (TPSA) is 69.5 Å². The first kappa shape index (κ1) is 16.5. The van der Waals surface area contributed by atoms with Crippen molar-refractivity contribution >= 4 is 40.0 Å². The van der Waals surface area contributed by atoms with Crippen molar-refractivity contribution in [3.8, 4) is 6.07 Å². The van der Waals surface area contributed by atoms with Gasteiger partial charge in [0.15, 0.2) is 5.78 Å². The molecule has 120 valence electrons. The third-order valence-electron chi connectivity index (χ3n) is 3.79. The van der Waals surface area contributed by atoms with Gasteiger partial charge in [0, 0.05) is 28.5 Å². The van der Waals surface area contributed by atoms with Gasteiger partial charge in [-0.1, -0.05) is 41.4 Å². The molecule has 0 spiro atoms. The Kier molecular flexibility index (Phi) is 4.84. The standard InChI is InChI=1S/C18H13Cl2N3O/c19-12-4-3-5-13(20)18(12)11(10-21)16(24)8-9-17-22-14-6-1-2-7-15(14)23-17/h1-7,11H,8-9H2,(H,22,23)/t11-/m0/s1. The monoisotopic (exact) mass is 357 g/mol. The van der Waals surface area contributed by atoms with Gasteiger partial charge < -0.3 is 4.98 Å². The van der Waals surface area contributed by atoms with Gasteiger partial charge in [-0.15, -0.1) is 0 Å². The van der Waals surface area contributed by atoms with Crippen LogP contribution in [0.15, 0.2) is 42.5 Å². The first-order chi connectivity index (χ1) is 11.6. The number of carbonyl (C=O) groups is 1. The third-order valence-corrected chi connectivity index (χ3v) is 4.45. The number of fused-ring (bicyclic) bond motifs is 1. The van der Waals surface area contributed by atoms with Crippen LogP contribution in [-0.2, 0) is 11.2 Å². The Morgan fingerprint density at radius 2 is 1.88 bits per heavy atom. The van der Waals surface area contributed by atoms with E-state index in [1.807, 2.05) is 30.3 Å². The minimum atomic E-state index is -0.976. The molecule has 1 aromatic heterocycles. The first-order valence-corrected chi connectivity index (χ1v) is 8.15. The summed E-state index contributed by atoms with van der Waals surface area (Å²) in [7, 11) is 0. The number of nitrogens with one attached hydrogen (secondary N) is 1. The van der Waals surface area contributed by atoms with E-state index in [-0.39, 0.29) is 12.2 Å². The van der Waals surface area contributed by atoms with E-state index in [1.54, 1.807) is 18.2 Å². The number of nitrogens with zero attached hydrogens (tertiary/aromatic N) is 2. The summed E-state index contributed by atoms with van der Waals surface area (Å²) in [5, 5.41) is 10.0. The lowest BCUT2D eigenvalue weighted by Gasteiger charge is -2.11. The molecule has 0 saturated heterocycles. The van der Waals surface area contributed by atoms with E-state index in [2.05, 4.69) is 9.97 Å². The summed E-state index contributed by atoms with van der Waals surface area (Å²) in [5.74, 6) is -0.491. The van der Waals surface area contributed by atoms with Crippen LogP contribution >= 0.6 is 23.2 Å². The molecule has 3 aromatic rings. The summed E-state index contributed by atoms with van der Waals surface area (Å²) in [6.07, 6.45) is 0.605. The number of aromatic nitrogens is 2. The zero-order valence-electron chi connectivity index (χ0n) is 12.6. The lowest BCUT2D eigenvalue weighted by atomic mass is 9.93. The smallest absolute Gasteiger partial charge is 0.155 e. The van der Waals surface area contributed by atoms with E-state index in [4.69, 9.17) is 23.2 Å². The molecule has 4 nitrogen and oxygen atoms in total. The molecule has 0 amide bonds. The Morgan fingerprint density at radius 1 is 1.17 bits per heavy atom. The highest BCUT2D eigenvalue weighted by Gasteiger charge is 2.25. The molecule has 24 heavy (non-hydrogen) atoms. The summed E-state index contributed by atoms with van der Waals surface area (Å²) in [6.45, 7) is 0. The molecule has 0 unspecified atom stereocenters. The van der Waals surface area contributed by atoms with Gasteiger partial charge in [0.05, 0.1) is 17.1 Å². The lowest BCUT2D eigenvalue weighted by Crippen LogP contribution is -2.13. The van der Waals surface area contributed by atoms with Gasteiger partial charge in [0.1, 0.15) is 11.7 Å². The molecule has 0 radical (unpaired) electrons. The van der Waals surface area contributed by atoms with Crippen LogP contribution in [0.5, 0.6) is 0 Å². The van der Waals surface area contributed by atoms with Crippen LogP contribution in [0.25, 0.3) is 11.0 Å². The van der Waals surface area contributed by atoms with Gasteiger partial charge in [0.25, 0.3) is 0 Å². The molecule has 0 fully saturated rings. The van der Waals surface area contributed by atoms with Crippen LogP contribution in [0.1, 0.15) is 23.7 Å². The normalized spacial score (nSPS) is 12.0. The van der Waals surface area contributed by atoms with Crippen LogP contribution in [0, 0.1) is 11.3 Å². The van der Waals surface area contributed by atoms with E-state index in [1.165, 1.54) is 0 Å². The van der Waals surface area contributed by atoms with E-state index >= 15 is 0 Å². The highest BCUT2D eigenvalue weighted by atomic mass is 35.5. The summed E-state index contributed by atoms with van der Waals surface area (Å²) >= 11 is 12.2. The molecule has 1 N–H and O–H groups in total. The largest absolute Gasteiger partial charge is 0.342 e. The third kappa shape index (κ3) is 3.28. The first-order valence-electron chi connectivity index (χ1n) is 7.40. The van der Waals surface area contributed by atoms with Gasteiger partial charge in [0.2, 0.25) is 0 Å². The fourth-order valence-corrected chi connectivity index (χ4v) is 3.21. The fourth-order valence-electron chi connectivity index (χ4n) is 2.59. The minimum absolute atomic E-state index is 0.180. The van der Waals surface area contributed by atoms with Crippen LogP contribution in [0.2, 0.25) is 10.0 Å². The van der Waals surface area contributed by atoms with E-state index in [9.17, 15) is 10.1 Å². The summed E-state index contributed by atoms with van der Waals surface area (Å²) in [5.41, 5.74) is 2.15. The van der Waals surface area contributed by atoms with Crippen LogP contribution in [0.4, 0.5) is 0 Å². The molecule has 2 aromatic carbocycles. The number of nitriles is 1. The predicted octanol–water partition coefficient (Wildman–Crippen LogP) is 4.68. The number of H-pyrrole nitrogens is 1. The maximum Gasteiger partial charge on any atom is 0.155 e. The molecule has 0 saturated carbocycles. The van der Waals surface area contributed by atoms with Gasteiger partial charge in [-0.3, -0.25) is 4.79 Å². The number of imidazole rings is 1. The number of carbonyl (C=O) groups excluding carboxylic acids is 1. The van der Waals surface area contributed by atoms with Crippen molar-refractivity contribution in [1.82, 2.24) is 9.97 Å². The average molecular weight is 358 g/mol. The zero-order valence-corrected chi connectivity index (χ0v) is 14.1. The van der Waals surface area contributed by atoms with E-state index < -0.39 is 5.92 Å². The molecule has 1 heterocycles. The van der Waals surface area contributed by atoms with Crippen molar-refractivity contribution in [3.63, 3.8) is 0 Å². The number of halogens is 2. The second-order valence-corrected chi connectivity index (χ2v) is 6.18. The quantitative estimate of drug-likeness (QED) is 0.720. The molecule has 0 bridgehead atoms. The Bertz CT molecular complexity index is 890. The number of hydrogen-bond acceptors (Lipinski definition) is 3. The van der Waals surface area contributed by atoms with Crippen molar-refractivity contribution in [1.29, 1.82) is 5.26 Å². The van der Waals surface area contributed by atoms with Crippen molar-refractivity contribution in [2.24, 2.45) is 0 Å². The molecule has 0 aliphatic rings. The highest BCUT2D eigenvalue weighted by Crippen LogP contribution is 2.32. The Balaban J connectivity index is 1.77. The number of aromatic amines is 1. The van der Waals surface area contributed by atoms with Crippen LogP contribution < -0.4 is 0 Å². The number of benzene rings is 2. The van der Waals surface area contributed by atoms with Gasteiger partial charge in [-0.05, 0) is 24.3 Å². The maximum atomic E-state index is 12.5. The van der Waals surface area contributed by atoms with Gasteiger partial charge in [-0.25, -0.2) is 4.98 Å². The number of aryl methyl sites for hydroxylation is 1. The van der Waals surface area contributed by atoms with Crippen molar-refractivity contribution < 1.29 is 4.79 Å². The van der Waals surface area contributed by atoms with Crippen LogP contribution in [-0.4, -0.2) is 15.8 Å². The van der Waals surface area contributed by atoms with Gasteiger partial charge in [-0.2, -0.15) is 5.26 Å².